The van der Waals surface area contributed by atoms with Gasteiger partial charge in [-0.05, 0) is 54.5 Å². The van der Waals surface area contributed by atoms with Gasteiger partial charge in [0, 0.05) is 41.8 Å². The predicted octanol–water partition coefficient (Wildman–Crippen LogP) is 3.29. The van der Waals surface area contributed by atoms with Crippen molar-refractivity contribution in [3.8, 4) is 0 Å². The molecule has 4 N–H and O–H groups in total. The van der Waals surface area contributed by atoms with Crippen molar-refractivity contribution in [3.63, 3.8) is 0 Å². The van der Waals surface area contributed by atoms with Crippen LogP contribution in [0.3, 0.4) is 0 Å². The summed E-state index contributed by atoms with van der Waals surface area (Å²) >= 11 is 17.2. The number of pyridine rings is 1. The summed E-state index contributed by atoms with van der Waals surface area (Å²) in [6.07, 6.45) is 1.53. The van der Waals surface area contributed by atoms with Crippen LogP contribution in [0.15, 0.2) is 52.5 Å². The number of thiocarbonyl (C=S) groups is 1. The minimum atomic E-state index is -0.495. The highest BCUT2D eigenvalue weighted by Crippen LogP contribution is 2.24. The van der Waals surface area contributed by atoms with Crippen LogP contribution >= 0.6 is 35.4 Å². The van der Waals surface area contributed by atoms with E-state index < -0.39 is 11.3 Å². The number of halogens is 2. The number of fused-ring (bicyclic) bond motifs is 1. The molecule has 0 aliphatic heterocycles. The predicted molar refractivity (Wildman–Crippen MR) is 140 cm³/mol. The molecule has 3 aromatic rings. The molecule has 0 saturated carbocycles. The number of hydrogen-bond acceptors (Lipinski definition) is 5. The van der Waals surface area contributed by atoms with E-state index in [1.54, 1.807) is 41.8 Å². The van der Waals surface area contributed by atoms with Crippen LogP contribution in [-0.2, 0) is 11.3 Å². The maximum absolute atomic E-state index is 13.3. The zero-order chi connectivity index (χ0) is 24.8. The molecule has 3 rings (SSSR count). The van der Waals surface area contributed by atoms with E-state index >= 15 is 0 Å². The monoisotopic (exact) mass is 519 g/mol. The Kier molecular flexibility index (Phi) is 8.62. The van der Waals surface area contributed by atoms with E-state index in [2.05, 4.69) is 15.8 Å². The van der Waals surface area contributed by atoms with Gasteiger partial charge in [0.2, 0.25) is 5.43 Å². The fraction of sp³-hybridized carbons (Fsp3) is 0.217. The number of nitrogens with one attached hydrogen (secondary N) is 2. The summed E-state index contributed by atoms with van der Waals surface area (Å²) in [5.41, 5.74) is 10.2. The van der Waals surface area contributed by atoms with E-state index in [1.807, 2.05) is 6.07 Å². The second kappa shape index (κ2) is 11.4. The molecule has 0 fully saturated rings. The van der Waals surface area contributed by atoms with Crippen molar-refractivity contribution in [1.82, 2.24) is 15.3 Å². The number of nitrogens with zero attached hydrogens (tertiary/aromatic N) is 2. The minimum Gasteiger partial charge on any atom is -0.383 e. The number of nitrogens with two attached hydrogens (primary N) is 1. The SMILES string of the molecule is COCCNC(=O)c1cn(Cc2ccc(Cl)cc2Cl)c2ccc(/C(C)=N/NC(N)=S)cc2c1=O. The van der Waals surface area contributed by atoms with E-state index in [9.17, 15) is 9.59 Å². The van der Waals surface area contributed by atoms with Gasteiger partial charge >= 0.3 is 0 Å². The molecule has 2 aromatic carbocycles. The van der Waals surface area contributed by atoms with Crippen molar-refractivity contribution in [1.29, 1.82) is 0 Å². The maximum Gasteiger partial charge on any atom is 0.256 e. The maximum atomic E-state index is 13.3. The van der Waals surface area contributed by atoms with Crippen LogP contribution in [0.4, 0.5) is 0 Å². The second-order valence-corrected chi connectivity index (χ2v) is 8.67. The van der Waals surface area contributed by atoms with Crippen LogP contribution in [0, 0.1) is 0 Å². The first kappa shape index (κ1) is 25.6. The summed E-state index contributed by atoms with van der Waals surface area (Å²) in [7, 11) is 1.53. The molecule has 178 valence electrons. The van der Waals surface area contributed by atoms with Gasteiger partial charge in [-0.25, -0.2) is 0 Å². The second-order valence-electron chi connectivity index (χ2n) is 7.39. The first-order valence-electron chi connectivity index (χ1n) is 10.2. The number of hydrazone groups is 1. The number of carbonyl (C=O) groups excluding carboxylic acids is 1. The Hall–Kier alpha value is -2.98. The first-order valence-corrected chi connectivity index (χ1v) is 11.4. The zero-order valence-electron chi connectivity index (χ0n) is 18.5. The first-order chi connectivity index (χ1) is 16.2. The molecule has 1 amide bonds. The third kappa shape index (κ3) is 6.12. The molecule has 0 spiro atoms. The van der Waals surface area contributed by atoms with Crippen LogP contribution in [0.2, 0.25) is 10.0 Å². The van der Waals surface area contributed by atoms with Gasteiger partial charge in [0.05, 0.1) is 17.8 Å². The van der Waals surface area contributed by atoms with E-state index in [1.165, 1.54) is 13.3 Å². The van der Waals surface area contributed by atoms with Crippen LogP contribution in [-0.4, -0.2) is 41.6 Å². The molecule has 1 aromatic heterocycles. The quantitative estimate of drug-likeness (QED) is 0.182. The van der Waals surface area contributed by atoms with Crippen molar-refractivity contribution in [2.75, 3.05) is 20.3 Å². The lowest BCUT2D eigenvalue weighted by molar-refractivity contribution is 0.0935. The van der Waals surface area contributed by atoms with Crippen molar-refractivity contribution in [2.45, 2.75) is 13.5 Å². The molecule has 0 aliphatic rings. The largest absolute Gasteiger partial charge is 0.383 e. The van der Waals surface area contributed by atoms with Gasteiger partial charge in [0.15, 0.2) is 5.11 Å². The van der Waals surface area contributed by atoms with Gasteiger partial charge in [0.1, 0.15) is 5.56 Å². The van der Waals surface area contributed by atoms with Gasteiger partial charge in [-0.1, -0.05) is 35.3 Å². The number of aromatic nitrogens is 1. The topological polar surface area (TPSA) is 111 Å². The van der Waals surface area contributed by atoms with Crippen LogP contribution in [0.25, 0.3) is 10.9 Å². The molecule has 0 atom stereocenters. The highest BCUT2D eigenvalue weighted by molar-refractivity contribution is 7.80. The van der Waals surface area contributed by atoms with Gasteiger partial charge in [0.25, 0.3) is 5.91 Å². The number of ether oxygens (including phenoxy) is 1. The lowest BCUT2D eigenvalue weighted by Crippen LogP contribution is -2.32. The molecule has 34 heavy (non-hydrogen) atoms. The molecule has 0 radical (unpaired) electrons. The van der Waals surface area contributed by atoms with Crippen LogP contribution < -0.4 is 21.9 Å². The van der Waals surface area contributed by atoms with Gasteiger partial charge in [-0.2, -0.15) is 5.10 Å². The average Bonchev–Trinajstić information content (AvgIpc) is 2.80. The normalized spacial score (nSPS) is 11.5. The lowest BCUT2D eigenvalue weighted by Gasteiger charge is -2.15. The van der Waals surface area contributed by atoms with Crippen molar-refractivity contribution >= 4 is 63.1 Å². The van der Waals surface area contributed by atoms with Crippen LogP contribution in [0.5, 0.6) is 0 Å². The Morgan fingerprint density at radius 2 is 2.00 bits per heavy atom. The molecule has 1 heterocycles. The van der Waals surface area contributed by atoms with Gasteiger partial charge in [-0.3, -0.25) is 15.0 Å². The number of benzene rings is 2. The third-order valence-corrected chi connectivity index (χ3v) is 5.70. The molecular formula is C23H23Cl2N5O3S. The Labute approximate surface area is 211 Å². The molecular weight excluding hydrogens is 497 g/mol. The Bertz CT molecular complexity index is 1340. The summed E-state index contributed by atoms with van der Waals surface area (Å²) in [5, 5.41) is 8.19. The van der Waals surface area contributed by atoms with Crippen molar-refractivity contribution in [2.24, 2.45) is 10.8 Å². The number of carbonyl (C=O) groups is 1. The van der Waals surface area contributed by atoms with Crippen LogP contribution in [0.1, 0.15) is 28.4 Å². The smallest absolute Gasteiger partial charge is 0.256 e. The summed E-state index contributed by atoms with van der Waals surface area (Å²) in [6.45, 7) is 2.66. The standard InChI is InChI=1S/C23H23Cl2N5O3S/c1-13(28-29-23(26)34)14-4-6-20-17(9-14)21(31)18(22(32)27-7-8-33-2)12-30(20)11-15-3-5-16(24)10-19(15)25/h3-6,9-10,12H,7-8,11H2,1-2H3,(H,27,32)(H3,26,29,34)/b28-13+. The van der Waals surface area contributed by atoms with Crippen molar-refractivity contribution < 1.29 is 9.53 Å². The highest BCUT2D eigenvalue weighted by Gasteiger charge is 2.17. The van der Waals surface area contributed by atoms with E-state index in [0.29, 0.717) is 45.4 Å². The average molecular weight is 520 g/mol. The molecule has 11 heteroatoms. The third-order valence-electron chi connectivity index (χ3n) is 5.02. The number of methoxy groups -OCH3 is 1. The van der Waals surface area contributed by atoms with E-state index in [4.69, 9.17) is 45.9 Å². The number of rotatable bonds is 8. The molecule has 0 bridgehead atoms. The Morgan fingerprint density at radius 3 is 2.68 bits per heavy atom. The van der Waals surface area contributed by atoms with E-state index in [0.717, 1.165) is 5.56 Å². The summed E-state index contributed by atoms with van der Waals surface area (Å²) in [5.74, 6) is -0.495. The fourth-order valence-corrected chi connectivity index (χ4v) is 3.83. The van der Waals surface area contributed by atoms with Gasteiger partial charge < -0.3 is 20.4 Å². The van der Waals surface area contributed by atoms with E-state index in [-0.39, 0.29) is 17.2 Å². The van der Waals surface area contributed by atoms with Crippen molar-refractivity contribution in [3.05, 3.63) is 79.6 Å². The Balaban J connectivity index is 2.15. The molecule has 0 unspecified atom stereocenters. The molecule has 0 aliphatic carbocycles. The lowest BCUT2D eigenvalue weighted by atomic mass is 10.0. The van der Waals surface area contributed by atoms with Gasteiger partial charge in [-0.15, -0.1) is 0 Å². The summed E-state index contributed by atoms with van der Waals surface area (Å²) in [6, 6.07) is 10.5. The zero-order valence-corrected chi connectivity index (χ0v) is 20.9. The fourth-order valence-electron chi connectivity index (χ4n) is 3.31. The molecule has 0 saturated heterocycles. The summed E-state index contributed by atoms with van der Waals surface area (Å²) < 4.78 is 6.78. The summed E-state index contributed by atoms with van der Waals surface area (Å²) in [4.78, 5) is 26.1. The molecule has 8 nitrogen and oxygen atoms in total. The number of hydrogen-bond donors (Lipinski definition) is 3. The number of amides is 1. The minimum absolute atomic E-state index is 0.00157. The highest BCUT2D eigenvalue weighted by atomic mass is 35.5. The Morgan fingerprint density at radius 1 is 1.24 bits per heavy atom.